The highest BCUT2D eigenvalue weighted by Crippen LogP contribution is 2.28. The summed E-state index contributed by atoms with van der Waals surface area (Å²) in [7, 11) is -3.82. The second-order valence-corrected chi connectivity index (χ2v) is 4.97. The molecular formula is C8H9Cl2NO3S. The molecule has 0 aliphatic rings. The van der Waals surface area contributed by atoms with Crippen molar-refractivity contribution in [3.8, 4) is 0 Å². The minimum absolute atomic E-state index is 0.0507. The van der Waals surface area contributed by atoms with Gasteiger partial charge in [0.2, 0.25) is 0 Å². The van der Waals surface area contributed by atoms with Crippen molar-refractivity contribution in [2.45, 2.75) is 11.8 Å². The maximum Gasteiger partial charge on any atom is 0.265 e. The van der Waals surface area contributed by atoms with Gasteiger partial charge in [0.25, 0.3) is 10.0 Å². The number of halogens is 2. The first kappa shape index (κ1) is 12.7. The van der Waals surface area contributed by atoms with Crippen LogP contribution in [0.2, 0.25) is 10.0 Å². The van der Waals surface area contributed by atoms with Gasteiger partial charge in [-0.25, -0.2) is 8.42 Å². The third-order valence-corrected chi connectivity index (χ3v) is 3.67. The summed E-state index contributed by atoms with van der Waals surface area (Å²) in [6.07, 6.45) is 0. The Labute approximate surface area is 98.1 Å². The van der Waals surface area contributed by atoms with E-state index in [-0.39, 0.29) is 21.5 Å². The molecule has 0 saturated carbocycles. The first-order valence-corrected chi connectivity index (χ1v) is 6.30. The quantitative estimate of drug-likeness (QED) is 0.853. The van der Waals surface area contributed by atoms with Crippen LogP contribution in [0.1, 0.15) is 6.92 Å². The maximum absolute atomic E-state index is 11.6. The topological polar surface area (TPSA) is 55.4 Å². The van der Waals surface area contributed by atoms with E-state index in [1.165, 1.54) is 12.1 Å². The smallest absolute Gasteiger partial charge is 0.265 e. The molecule has 1 aromatic rings. The van der Waals surface area contributed by atoms with Crippen molar-refractivity contribution in [3.05, 3.63) is 28.2 Å². The van der Waals surface area contributed by atoms with Crippen molar-refractivity contribution in [1.82, 2.24) is 4.89 Å². The van der Waals surface area contributed by atoms with Crippen LogP contribution in [0.5, 0.6) is 0 Å². The Hall–Kier alpha value is -0.330. The van der Waals surface area contributed by atoms with Crippen LogP contribution in [-0.2, 0) is 14.9 Å². The highest BCUT2D eigenvalue weighted by molar-refractivity contribution is 7.89. The fraction of sp³-hybridized carbons (Fsp3) is 0.250. The van der Waals surface area contributed by atoms with Gasteiger partial charge in [0.05, 0.1) is 16.7 Å². The molecule has 0 fully saturated rings. The van der Waals surface area contributed by atoms with Crippen LogP contribution in [0.25, 0.3) is 0 Å². The van der Waals surface area contributed by atoms with Crippen LogP contribution in [0.4, 0.5) is 0 Å². The van der Waals surface area contributed by atoms with E-state index >= 15 is 0 Å². The Morgan fingerprint density at radius 2 is 1.87 bits per heavy atom. The standard InChI is InChI=1S/C8H9Cl2NO3S/c1-2-14-11-15(12,13)8-6(9)4-3-5-7(8)10/h3-5,11H,2H2,1H3. The van der Waals surface area contributed by atoms with Crippen LogP contribution in [-0.4, -0.2) is 15.0 Å². The van der Waals surface area contributed by atoms with Gasteiger partial charge in [-0.05, 0) is 19.1 Å². The molecule has 1 rings (SSSR count). The Morgan fingerprint density at radius 3 is 2.33 bits per heavy atom. The van der Waals surface area contributed by atoms with Crippen LogP contribution >= 0.6 is 23.2 Å². The Bertz CT molecular complexity index is 427. The summed E-state index contributed by atoms with van der Waals surface area (Å²) in [5.74, 6) is 0. The van der Waals surface area contributed by atoms with E-state index in [9.17, 15) is 8.42 Å². The maximum atomic E-state index is 11.6. The van der Waals surface area contributed by atoms with Gasteiger partial charge in [-0.15, -0.1) is 0 Å². The average molecular weight is 270 g/mol. The first-order chi connectivity index (χ1) is 6.99. The van der Waals surface area contributed by atoms with Gasteiger partial charge in [0.1, 0.15) is 4.90 Å². The van der Waals surface area contributed by atoms with E-state index < -0.39 is 10.0 Å². The second-order valence-electron chi connectivity index (χ2n) is 2.57. The van der Waals surface area contributed by atoms with Gasteiger partial charge in [0, 0.05) is 0 Å². The predicted molar refractivity (Wildman–Crippen MR) is 58.4 cm³/mol. The summed E-state index contributed by atoms with van der Waals surface area (Å²) in [4.78, 5) is 6.34. The van der Waals surface area contributed by atoms with Gasteiger partial charge in [-0.3, -0.25) is 4.84 Å². The molecule has 7 heteroatoms. The molecule has 1 N–H and O–H groups in total. The third kappa shape index (κ3) is 3.06. The fourth-order valence-corrected chi connectivity index (χ4v) is 2.93. The summed E-state index contributed by atoms with van der Waals surface area (Å²) in [6.45, 7) is 1.86. The molecule has 0 unspecified atom stereocenters. The number of nitrogens with one attached hydrogen (secondary N) is 1. The molecule has 1 aromatic carbocycles. The molecule has 4 nitrogen and oxygen atoms in total. The van der Waals surface area contributed by atoms with Crippen molar-refractivity contribution in [3.63, 3.8) is 0 Å². The summed E-state index contributed by atoms with van der Waals surface area (Å²) < 4.78 is 23.3. The van der Waals surface area contributed by atoms with Gasteiger partial charge in [-0.1, -0.05) is 34.2 Å². The van der Waals surface area contributed by atoms with Gasteiger partial charge >= 0.3 is 0 Å². The number of hydrogen-bond acceptors (Lipinski definition) is 3. The molecule has 0 aromatic heterocycles. The highest BCUT2D eigenvalue weighted by Gasteiger charge is 2.21. The summed E-state index contributed by atoms with van der Waals surface area (Å²) >= 11 is 11.5. The van der Waals surface area contributed by atoms with Crippen LogP contribution in [0.15, 0.2) is 23.1 Å². The largest absolute Gasteiger partial charge is 0.287 e. The van der Waals surface area contributed by atoms with Crippen LogP contribution in [0.3, 0.4) is 0 Å². The molecule has 0 aliphatic carbocycles. The van der Waals surface area contributed by atoms with E-state index in [1.807, 2.05) is 4.89 Å². The molecule has 0 atom stereocenters. The fourth-order valence-electron chi connectivity index (χ4n) is 0.917. The number of sulfonamides is 1. The first-order valence-electron chi connectivity index (χ1n) is 4.06. The second kappa shape index (κ2) is 5.14. The van der Waals surface area contributed by atoms with E-state index in [1.54, 1.807) is 13.0 Å². The molecule has 0 radical (unpaired) electrons. The summed E-state index contributed by atoms with van der Waals surface area (Å²) in [6, 6.07) is 4.44. The summed E-state index contributed by atoms with van der Waals surface area (Å²) in [5, 5.41) is 0.101. The molecule has 84 valence electrons. The summed E-state index contributed by atoms with van der Waals surface area (Å²) in [5.41, 5.74) is 0. The van der Waals surface area contributed by atoms with Crippen molar-refractivity contribution < 1.29 is 13.3 Å². The zero-order chi connectivity index (χ0) is 11.5. The van der Waals surface area contributed by atoms with Crippen molar-refractivity contribution in [1.29, 1.82) is 0 Å². The molecule has 0 aliphatic heterocycles. The third-order valence-electron chi connectivity index (χ3n) is 1.50. The van der Waals surface area contributed by atoms with Gasteiger partial charge < -0.3 is 0 Å². The van der Waals surface area contributed by atoms with Crippen LogP contribution < -0.4 is 4.89 Å². The molecule has 0 heterocycles. The molecule has 0 bridgehead atoms. The van der Waals surface area contributed by atoms with Gasteiger partial charge in [0.15, 0.2) is 0 Å². The lowest BCUT2D eigenvalue weighted by Gasteiger charge is -2.08. The molecular weight excluding hydrogens is 261 g/mol. The number of rotatable bonds is 4. The lowest BCUT2D eigenvalue weighted by molar-refractivity contribution is 0.105. The molecule has 0 saturated heterocycles. The Balaban J connectivity index is 3.15. The number of hydrogen-bond donors (Lipinski definition) is 1. The van der Waals surface area contributed by atoms with Crippen molar-refractivity contribution in [2.75, 3.05) is 6.61 Å². The van der Waals surface area contributed by atoms with Crippen molar-refractivity contribution >= 4 is 33.2 Å². The Morgan fingerprint density at radius 1 is 1.33 bits per heavy atom. The monoisotopic (exact) mass is 269 g/mol. The van der Waals surface area contributed by atoms with Crippen molar-refractivity contribution in [2.24, 2.45) is 0 Å². The van der Waals surface area contributed by atoms with Gasteiger partial charge in [-0.2, -0.15) is 0 Å². The predicted octanol–water partition coefficient (Wildman–Crippen LogP) is 2.22. The van der Waals surface area contributed by atoms with E-state index in [0.717, 1.165) is 0 Å². The minimum atomic E-state index is -3.82. The average Bonchev–Trinajstić information content (AvgIpc) is 2.14. The van der Waals surface area contributed by atoms with E-state index in [4.69, 9.17) is 23.2 Å². The normalized spacial score (nSPS) is 11.7. The van der Waals surface area contributed by atoms with E-state index in [0.29, 0.717) is 0 Å². The lowest BCUT2D eigenvalue weighted by Crippen LogP contribution is -2.24. The molecule has 0 amide bonds. The Kier molecular flexibility index (Phi) is 4.36. The van der Waals surface area contributed by atoms with Crippen LogP contribution in [0, 0.1) is 0 Å². The van der Waals surface area contributed by atoms with E-state index in [2.05, 4.69) is 4.84 Å². The minimum Gasteiger partial charge on any atom is -0.287 e. The lowest BCUT2D eigenvalue weighted by atomic mass is 10.4. The highest BCUT2D eigenvalue weighted by atomic mass is 35.5. The zero-order valence-electron chi connectivity index (χ0n) is 7.83. The number of benzene rings is 1. The SMILES string of the molecule is CCONS(=O)(=O)c1c(Cl)cccc1Cl. The molecule has 15 heavy (non-hydrogen) atoms. The molecule has 0 spiro atoms. The zero-order valence-corrected chi connectivity index (χ0v) is 10.2.